The van der Waals surface area contributed by atoms with E-state index in [1.165, 1.54) is 18.2 Å². The second-order valence-corrected chi connectivity index (χ2v) is 10.6. The first-order valence-electron chi connectivity index (χ1n) is 10.3. The summed E-state index contributed by atoms with van der Waals surface area (Å²) in [4.78, 5) is 24.2. The molecule has 0 saturated heterocycles. The summed E-state index contributed by atoms with van der Waals surface area (Å²) < 4.78 is 38.3. The number of anilines is 1. The van der Waals surface area contributed by atoms with Crippen molar-refractivity contribution in [2.45, 2.75) is 43.8 Å². The van der Waals surface area contributed by atoms with Crippen molar-refractivity contribution in [3.63, 3.8) is 0 Å². The number of hydrogen-bond donors (Lipinski definition) is 3. The van der Waals surface area contributed by atoms with Crippen molar-refractivity contribution in [2.24, 2.45) is 0 Å². The number of sulfonamides is 1. The van der Waals surface area contributed by atoms with Gasteiger partial charge in [-0.1, -0.05) is 17.7 Å². The summed E-state index contributed by atoms with van der Waals surface area (Å²) in [6.45, 7) is 5.21. The van der Waals surface area contributed by atoms with Gasteiger partial charge in [-0.05, 0) is 62.7 Å². The van der Waals surface area contributed by atoms with E-state index < -0.39 is 33.7 Å². The van der Waals surface area contributed by atoms with Gasteiger partial charge in [-0.2, -0.15) is 0 Å². The van der Waals surface area contributed by atoms with E-state index >= 15 is 0 Å². The normalized spacial score (nSPS) is 15.3. The van der Waals surface area contributed by atoms with Crippen LogP contribution in [0.25, 0.3) is 0 Å². The molecule has 1 aliphatic rings. The lowest BCUT2D eigenvalue weighted by Gasteiger charge is -2.19. The summed E-state index contributed by atoms with van der Waals surface area (Å²) in [5.41, 5.74) is 0.504. The predicted molar refractivity (Wildman–Crippen MR) is 124 cm³/mol. The fourth-order valence-electron chi connectivity index (χ4n) is 3.07. The highest BCUT2D eigenvalue weighted by Gasteiger charge is 2.29. The van der Waals surface area contributed by atoms with Crippen LogP contribution in [0.1, 0.15) is 26.3 Å². The van der Waals surface area contributed by atoms with Crippen LogP contribution in [0.5, 0.6) is 5.75 Å². The minimum absolute atomic E-state index is 0.0278. The maximum Gasteiger partial charge on any atom is 0.407 e. The molecule has 0 bridgehead atoms. The van der Waals surface area contributed by atoms with Crippen LogP contribution in [0.3, 0.4) is 0 Å². The van der Waals surface area contributed by atoms with Crippen LogP contribution in [0, 0.1) is 0 Å². The van der Waals surface area contributed by atoms with Crippen LogP contribution in [-0.4, -0.2) is 45.2 Å². The molecule has 9 nitrogen and oxygen atoms in total. The Kier molecular flexibility index (Phi) is 7.51. The first kappa shape index (κ1) is 24.8. The van der Waals surface area contributed by atoms with Crippen LogP contribution in [0.2, 0.25) is 5.02 Å². The molecule has 3 rings (SSSR count). The van der Waals surface area contributed by atoms with E-state index in [1.54, 1.807) is 45.0 Å². The smallest absolute Gasteiger partial charge is 0.407 e. The molecule has 1 heterocycles. The summed E-state index contributed by atoms with van der Waals surface area (Å²) in [6, 6.07) is 11.0. The topological polar surface area (TPSA) is 123 Å². The molecule has 0 saturated carbocycles. The molecule has 0 radical (unpaired) electrons. The molecule has 3 N–H and O–H groups in total. The zero-order valence-electron chi connectivity index (χ0n) is 18.5. The second-order valence-electron chi connectivity index (χ2n) is 8.41. The monoisotopic (exact) mass is 495 g/mol. The fourth-order valence-corrected chi connectivity index (χ4v) is 4.35. The summed E-state index contributed by atoms with van der Waals surface area (Å²) in [5.74, 6) is 0.200. The van der Waals surface area contributed by atoms with Gasteiger partial charge in [-0.3, -0.25) is 4.79 Å². The van der Waals surface area contributed by atoms with Gasteiger partial charge in [0, 0.05) is 30.2 Å². The van der Waals surface area contributed by atoms with Crippen molar-refractivity contribution < 1.29 is 27.5 Å². The molecule has 178 valence electrons. The van der Waals surface area contributed by atoms with Gasteiger partial charge in [-0.25, -0.2) is 17.9 Å². The molecule has 0 aliphatic carbocycles. The number of rotatable bonds is 7. The summed E-state index contributed by atoms with van der Waals surface area (Å²) in [6.07, 6.45) is -1.01. The van der Waals surface area contributed by atoms with Crippen molar-refractivity contribution in [2.75, 3.05) is 18.4 Å². The number of carbonyl (C=O) groups is 2. The molecular weight excluding hydrogens is 470 g/mol. The number of benzene rings is 2. The SMILES string of the molecule is CC(C)(C)OC(=O)NCCNS(=O)(=O)c1cccc(NC(=O)C2Cc3cc(Cl)ccc3O2)c1. The van der Waals surface area contributed by atoms with Crippen molar-refractivity contribution in [1.82, 2.24) is 10.0 Å². The van der Waals surface area contributed by atoms with Gasteiger partial charge in [0.1, 0.15) is 11.4 Å². The Morgan fingerprint density at radius 1 is 1.15 bits per heavy atom. The lowest BCUT2D eigenvalue weighted by molar-refractivity contribution is -0.122. The fraction of sp³-hybridized carbons (Fsp3) is 0.364. The van der Waals surface area contributed by atoms with E-state index in [4.69, 9.17) is 21.1 Å². The largest absolute Gasteiger partial charge is 0.480 e. The Hall–Kier alpha value is -2.82. The van der Waals surface area contributed by atoms with Gasteiger partial charge in [0.2, 0.25) is 10.0 Å². The van der Waals surface area contributed by atoms with Crippen LogP contribution in [-0.2, 0) is 26.0 Å². The van der Waals surface area contributed by atoms with E-state index in [2.05, 4.69) is 15.4 Å². The number of nitrogens with one attached hydrogen (secondary N) is 3. The van der Waals surface area contributed by atoms with Crippen molar-refractivity contribution in [3.05, 3.63) is 53.1 Å². The van der Waals surface area contributed by atoms with E-state index in [0.29, 0.717) is 22.9 Å². The number of hydrogen-bond acceptors (Lipinski definition) is 6. The van der Waals surface area contributed by atoms with Crippen molar-refractivity contribution in [3.8, 4) is 5.75 Å². The molecule has 33 heavy (non-hydrogen) atoms. The van der Waals surface area contributed by atoms with Crippen molar-refractivity contribution in [1.29, 1.82) is 0 Å². The molecule has 11 heteroatoms. The van der Waals surface area contributed by atoms with Gasteiger partial charge in [0.05, 0.1) is 4.90 Å². The zero-order valence-corrected chi connectivity index (χ0v) is 20.0. The highest BCUT2D eigenvalue weighted by atomic mass is 35.5. The standard InChI is InChI=1S/C22H26ClN3O6S/c1-22(2,3)32-21(28)24-9-10-25-33(29,30)17-6-4-5-16(13-17)26-20(27)19-12-14-11-15(23)7-8-18(14)31-19/h4-8,11,13,19,25H,9-10,12H2,1-3H3,(H,24,28)(H,26,27). The van der Waals surface area contributed by atoms with Crippen LogP contribution >= 0.6 is 11.6 Å². The van der Waals surface area contributed by atoms with Gasteiger partial charge >= 0.3 is 6.09 Å². The average Bonchev–Trinajstić information content (AvgIpc) is 3.13. The minimum atomic E-state index is -3.86. The number of ether oxygens (including phenoxy) is 2. The molecule has 0 spiro atoms. The Morgan fingerprint density at radius 3 is 2.64 bits per heavy atom. The maximum absolute atomic E-state index is 12.6. The molecule has 0 fully saturated rings. The lowest BCUT2D eigenvalue weighted by atomic mass is 10.1. The molecule has 2 aromatic rings. The third-order valence-corrected chi connectivity index (χ3v) is 6.18. The summed E-state index contributed by atoms with van der Waals surface area (Å²) in [5, 5.41) is 5.72. The third-order valence-electron chi connectivity index (χ3n) is 4.49. The lowest BCUT2D eigenvalue weighted by Crippen LogP contribution is -2.37. The molecule has 2 aromatic carbocycles. The predicted octanol–water partition coefficient (Wildman–Crippen LogP) is 3.09. The number of halogens is 1. The van der Waals surface area contributed by atoms with Crippen LogP contribution in [0.15, 0.2) is 47.4 Å². The Bertz CT molecular complexity index is 1150. The van der Waals surface area contributed by atoms with Crippen LogP contribution < -0.4 is 20.1 Å². The minimum Gasteiger partial charge on any atom is -0.480 e. The zero-order chi connectivity index (χ0) is 24.2. The molecule has 1 atom stereocenters. The molecular formula is C22H26ClN3O6S. The second kappa shape index (κ2) is 9.98. The van der Waals surface area contributed by atoms with Gasteiger partial charge in [0.25, 0.3) is 5.91 Å². The van der Waals surface area contributed by atoms with Crippen molar-refractivity contribution >= 4 is 39.3 Å². The molecule has 2 amide bonds. The maximum atomic E-state index is 12.6. The first-order valence-corrected chi connectivity index (χ1v) is 12.1. The summed E-state index contributed by atoms with van der Waals surface area (Å²) in [7, 11) is -3.86. The number of carbonyl (C=O) groups excluding carboxylic acids is 2. The molecule has 1 unspecified atom stereocenters. The van der Waals surface area contributed by atoms with Gasteiger partial charge in [-0.15, -0.1) is 0 Å². The Morgan fingerprint density at radius 2 is 1.91 bits per heavy atom. The quantitative estimate of drug-likeness (QED) is 0.507. The van der Waals surface area contributed by atoms with E-state index in [9.17, 15) is 18.0 Å². The first-order chi connectivity index (χ1) is 15.4. The number of fused-ring (bicyclic) bond motifs is 1. The Balaban J connectivity index is 1.54. The highest BCUT2D eigenvalue weighted by Crippen LogP contribution is 2.31. The average molecular weight is 496 g/mol. The number of alkyl carbamates (subject to hydrolysis) is 1. The Labute approximate surface area is 197 Å². The van der Waals surface area contributed by atoms with E-state index in [-0.39, 0.29) is 18.0 Å². The highest BCUT2D eigenvalue weighted by molar-refractivity contribution is 7.89. The molecule has 0 aromatic heterocycles. The number of amides is 2. The van der Waals surface area contributed by atoms with Gasteiger partial charge < -0.3 is 20.1 Å². The van der Waals surface area contributed by atoms with Crippen LogP contribution in [0.4, 0.5) is 10.5 Å². The third kappa shape index (κ3) is 7.08. The van der Waals surface area contributed by atoms with Gasteiger partial charge in [0.15, 0.2) is 6.10 Å². The van der Waals surface area contributed by atoms with E-state index in [0.717, 1.165) is 5.56 Å². The molecule has 1 aliphatic heterocycles. The van der Waals surface area contributed by atoms with E-state index in [1.807, 2.05) is 0 Å². The summed E-state index contributed by atoms with van der Waals surface area (Å²) >= 11 is 5.98.